The number of anilines is 1. The first-order valence-corrected chi connectivity index (χ1v) is 6.35. The van der Waals surface area contributed by atoms with E-state index in [9.17, 15) is 4.79 Å². The SMILES string of the molecule is NCc1cnc(N2CCN(CC3CC3)C2=O)nc1. The van der Waals surface area contributed by atoms with Crippen molar-refractivity contribution in [2.75, 3.05) is 24.5 Å². The van der Waals surface area contributed by atoms with E-state index in [0.29, 0.717) is 19.0 Å². The van der Waals surface area contributed by atoms with Crippen molar-refractivity contribution in [2.45, 2.75) is 19.4 Å². The van der Waals surface area contributed by atoms with E-state index >= 15 is 0 Å². The second-order valence-electron chi connectivity index (χ2n) is 4.92. The van der Waals surface area contributed by atoms with Gasteiger partial charge in [-0.05, 0) is 18.8 Å². The Bertz CT molecular complexity index is 442. The van der Waals surface area contributed by atoms with Gasteiger partial charge in [-0.15, -0.1) is 0 Å². The first-order valence-electron chi connectivity index (χ1n) is 6.35. The van der Waals surface area contributed by atoms with Gasteiger partial charge in [-0.3, -0.25) is 4.90 Å². The van der Waals surface area contributed by atoms with Gasteiger partial charge in [-0.2, -0.15) is 0 Å². The summed E-state index contributed by atoms with van der Waals surface area (Å²) in [7, 11) is 0. The maximum absolute atomic E-state index is 12.2. The van der Waals surface area contributed by atoms with Crippen LogP contribution in [0.25, 0.3) is 0 Å². The Morgan fingerprint density at radius 2 is 2.00 bits per heavy atom. The van der Waals surface area contributed by atoms with E-state index in [4.69, 9.17) is 5.73 Å². The minimum Gasteiger partial charge on any atom is -0.326 e. The highest BCUT2D eigenvalue weighted by Gasteiger charge is 2.34. The molecule has 1 saturated carbocycles. The zero-order valence-electron chi connectivity index (χ0n) is 10.2. The second kappa shape index (κ2) is 4.53. The molecule has 0 radical (unpaired) electrons. The molecule has 1 aromatic rings. The van der Waals surface area contributed by atoms with Gasteiger partial charge in [0.15, 0.2) is 0 Å². The average molecular weight is 247 g/mol. The van der Waals surface area contributed by atoms with Gasteiger partial charge >= 0.3 is 6.03 Å². The minimum absolute atomic E-state index is 0.0300. The van der Waals surface area contributed by atoms with Crippen LogP contribution in [0.2, 0.25) is 0 Å². The van der Waals surface area contributed by atoms with Crippen LogP contribution in [0, 0.1) is 5.92 Å². The molecule has 2 aliphatic rings. The van der Waals surface area contributed by atoms with Gasteiger partial charge in [0, 0.05) is 44.1 Å². The van der Waals surface area contributed by atoms with Crippen molar-refractivity contribution in [3.63, 3.8) is 0 Å². The summed E-state index contributed by atoms with van der Waals surface area (Å²) in [5.41, 5.74) is 6.37. The molecule has 0 bridgehead atoms. The molecule has 1 aromatic heterocycles. The van der Waals surface area contributed by atoms with Crippen LogP contribution in [0.3, 0.4) is 0 Å². The molecule has 1 saturated heterocycles. The molecule has 6 heteroatoms. The Kier molecular flexibility index (Phi) is 2.87. The molecule has 0 unspecified atom stereocenters. The topological polar surface area (TPSA) is 75.3 Å². The Balaban J connectivity index is 1.69. The number of urea groups is 1. The van der Waals surface area contributed by atoms with Gasteiger partial charge in [0.1, 0.15) is 0 Å². The van der Waals surface area contributed by atoms with Crippen LogP contribution in [0.1, 0.15) is 18.4 Å². The Morgan fingerprint density at radius 3 is 2.61 bits per heavy atom. The molecule has 3 rings (SSSR count). The smallest absolute Gasteiger partial charge is 0.326 e. The molecular weight excluding hydrogens is 230 g/mol. The van der Waals surface area contributed by atoms with Crippen molar-refractivity contribution in [3.8, 4) is 0 Å². The van der Waals surface area contributed by atoms with E-state index < -0.39 is 0 Å². The van der Waals surface area contributed by atoms with E-state index in [0.717, 1.165) is 24.6 Å². The van der Waals surface area contributed by atoms with Crippen LogP contribution in [0.15, 0.2) is 12.4 Å². The van der Waals surface area contributed by atoms with E-state index in [-0.39, 0.29) is 6.03 Å². The first-order chi connectivity index (χ1) is 8.78. The molecule has 0 aromatic carbocycles. The van der Waals surface area contributed by atoms with E-state index in [1.807, 2.05) is 4.90 Å². The molecule has 0 atom stereocenters. The quantitative estimate of drug-likeness (QED) is 0.844. The number of aromatic nitrogens is 2. The standard InChI is InChI=1S/C12H17N5O/c13-5-10-6-14-11(15-7-10)17-4-3-16(12(17)18)8-9-1-2-9/h6-7,9H,1-5,8,13H2. The van der Waals surface area contributed by atoms with Crippen molar-refractivity contribution in [1.82, 2.24) is 14.9 Å². The maximum atomic E-state index is 12.2. The van der Waals surface area contributed by atoms with Gasteiger partial charge in [0.25, 0.3) is 0 Å². The number of carbonyl (C=O) groups excluding carboxylic acids is 1. The zero-order valence-corrected chi connectivity index (χ0v) is 10.2. The van der Waals surface area contributed by atoms with Crippen LogP contribution in [0.4, 0.5) is 10.7 Å². The summed E-state index contributed by atoms with van der Waals surface area (Å²) in [6.07, 6.45) is 5.87. The number of nitrogens with two attached hydrogens (primary N) is 1. The molecule has 2 N–H and O–H groups in total. The fourth-order valence-corrected chi connectivity index (χ4v) is 2.14. The Hall–Kier alpha value is -1.69. The van der Waals surface area contributed by atoms with Gasteiger partial charge in [0.05, 0.1) is 0 Å². The van der Waals surface area contributed by atoms with Crippen molar-refractivity contribution < 1.29 is 4.79 Å². The highest BCUT2D eigenvalue weighted by Crippen LogP contribution is 2.31. The number of hydrogen-bond acceptors (Lipinski definition) is 4. The number of amides is 2. The van der Waals surface area contributed by atoms with Gasteiger partial charge in [-0.25, -0.2) is 14.8 Å². The summed E-state index contributed by atoms with van der Waals surface area (Å²) in [5, 5.41) is 0. The van der Waals surface area contributed by atoms with Gasteiger partial charge < -0.3 is 10.6 Å². The molecule has 1 aliphatic carbocycles. The molecule has 96 valence electrons. The summed E-state index contributed by atoms with van der Waals surface area (Å²) in [5.74, 6) is 1.20. The van der Waals surface area contributed by atoms with E-state index in [1.165, 1.54) is 12.8 Å². The summed E-state index contributed by atoms with van der Waals surface area (Å²) >= 11 is 0. The number of hydrogen-bond donors (Lipinski definition) is 1. The van der Waals surface area contributed by atoms with Crippen molar-refractivity contribution in [2.24, 2.45) is 11.7 Å². The van der Waals surface area contributed by atoms with Crippen LogP contribution in [-0.4, -0.2) is 40.5 Å². The second-order valence-corrected chi connectivity index (χ2v) is 4.92. The van der Waals surface area contributed by atoms with E-state index in [2.05, 4.69) is 9.97 Å². The summed E-state index contributed by atoms with van der Waals surface area (Å²) in [6, 6.07) is 0.0300. The molecular formula is C12H17N5O. The minimum atomic E-state index is 0.0300. The van der Waals surface area contributed by atoms with Crippen LogP contribution < -0.4 is 10.6 Å². The lowest BCUT2D eigenvalue weighted by atomic mass is 10.3. The third-order valence-electron chi connectivity index (χ3n) is 3.44. The monoisotopic (exact) mass is 247 g/mol. The van der Waals surface area contributed by atoms with Crippen molar-refractivity contribution in [3.05, 3.63) is 18.0 Å². The third kappa shape index (κ3) is 2.15. The zero-order chi connectivity index (χ0) is 12.5. The molecule has 2 heterocycles. The molecule has 6 nitrogen and oxygen atoms in total. The average Bonchev–Trinajstić information content (AvgIpc) is 3.15. The highest BCUT2D eigenvalue weighted by atomic mass is 16.2. The van der Waals surface area contributed by atoms with Crippen LogP contribution in [-0.2, 0) is 6.54 Å². The normalized spacial score (nSPS) is 19.7. The lowest BCUT2D eigenvalue weighted by molar-refractivity contribution is 0.218. The third-order valence-corrected chi connectivity index (χ3v) is 3.44. The summed E-state index contributed by atoms with van der Waals surface area (Å²) < 4.78 is 0. The Labute approximate surface area is 106 Å². The predicted octanol–water partition coefficient (Wildman–Crippen LogP) is 0.587. The summed E-state index contributed by atoms with van der Waals surface area (Å²) in [4.78, 5) is 24.1. The summed E-state index contributed by atoms with van der Waals surface area (Å²) in [6.45, 7) is 2.75. The number of nitrogens with zero attached hydrogens (tertiary/aromatic N) is 4. The molecule has 2 amide bonds. The molecule has 2 fully saturated rings. The van der Waals surface area contributed by atoms with Gasteiger partial charge in [0.2, 0.25) is 5.95 Å². The lowest BCUT2D eigenvalue weighted by Crippen LogP contribution is -2.34. The fraction of sp³-hybridized carbons (Fsp3) is 0.583. The number of carbonyl (C=O) groups is 1. The largest absolute Gasteiger partial charge is 0.327 e. The lowest BCUT2D eigenvalue weighted by Gasteiger charge is -2.16. The van der Waals surface area contributed by atoms with Crippen LogP contribution >= 0.6 is 0 Å². The van der Waals surface area contributed by atoms with Crippen LogP contribution in [0.5, 0.6) is 0 Å². The van der Waals surface area contributed by atoms with E-state index in [1.54, 1.807) is 17.3 Å². The van der Waals surface area contributed by atoms with Crippen molar-refractivity contribution in [1.29, 1.82) is 0 Å². The molecule has 18 heavy (non-hydrogen) atoms. The fourth-order valence-electron chi connectivity index (χ4n) is 2.14. The first kappa shape index (κ1) is 11.4. The van der Waals surface area contributed by atoms with Crippen molar-refractivity contribution >= 4 is 12.0 Å². The molecule has 1 aliphatic heterocycles. The predicted molar refractivity (Wildman–Crippen MR) is 67.0 cm³/mol. The number of rotatable bonds is 4. The highest BCUT2D eigenvalue weighted by molar-refractivity contribution is 5.92. The maximum Gasteiger partial charge on any atom is 0.327 e. The molecule has 0 spiro atoms. The van der Waals surface area contributed by atoms with Gasteiger partial charge in [-0.1, -0.05) is 0 Å². The Morgan fingerprint density at radius 1 is 1.28 bits per heavy atom.